The van der Waals surface area contributed by atoms with Crippen LogP contribution >= 0.6 is 11.6 Å². The number of carbonyl (C=O) groups is 1. The number of fused-ring (bicyclic) bond motifs is 1. The number of rotatable bonds is 5. The van der Waals surface area contributed by atoms with E-state index in [1.54, 1.807) is 54.6 Å². The van der Waals surface area contributed by atoms with Crippen LogP contribution in [0, 0.1) is 0 Å². The second-order valence-corrected chi connectivity index (χ2v) is 9.00. The normalized spacial score (nSPS) is 15.2. The fourth-order valence-corrected chi connectivity index (χ4v) is 4.44. The quantitative estimate of drug-likeness (QED) is 0.513. The third-order valence-electron chi connectivity index (χ3n) is 4.48. The Kier molecular flexibility index (Phi) is 6.02. The maximum absolute atomic E-state index is 12.8. The van der Waals surface area contributed by atoms with Gasteiger partial charge < -0.3 is 15.4 Å². The molecule has 0 atom stereocenters. The number of hydrogen-bond donors (Lipinski definition) is 3. The summed E-state index contributed by atoms with van der Waals surface area (Å²) in [6.07, 6.45) is 0. The molecular weight excluding hydrogens is 452 g/mol. The predicted molar refractivity (Wildman–Crippen MR) is 124 cm³/mol. The van der Waals surface area contributed by atoms with Crippen molar-refractivity contribution in [2.75, 3.05) is 10.6 Å². The van der Waals surface area contributed by atoms with E-state index < -0.39 is 10.0 Å². The Bertz CT molecular complexity index is 1330. The van der Waals surface area contributed by atoms with E-state index in [9.17, 15) is 13.2 Å². The maximum Gasteiger partial charge on any atom is 0.266 e. The molecule has 1 aliphatic heterocycles. The number of aliphatic imine (C=N–C) groups is 1. The monoisotopic (exact) mass is 470 g/mol. The Hall–Kier alpha value is -3.56. The number of anilines is 2. The number of sulfonamides is 1. The minimum Gasteiger partial charge on any atom is -0.454 e. The number of nitrogens with one attached hydrogen (secondary N) is 3. The van der Waals surface area contributed by atoms with E-state index in [0.29, 0.717) is 22.2 Å². The van der Waals surface area contributed by atoms with Gasteiger partial charge in [-0.15, -0.1) is 0 Å². The second kappa shape index (κ2) is 8.89. The van der Waals surface area contributed by atoms with E-state index >= 15 is 0 Å². The van der Waals surface area contributed by atoms with Crippen molar-refractivity contribution >= 4 is 44.9 Å². The number of ether oxygens (including phenoxy) is 1. The first-order valence-electron chi connectivity index (χ1n) is 9.58. The van der Waals surface area contributed by atoms with Crippen LogP contribution in [0.5, 0.6) is 11.5 Å². The molecule has 8 nitrogen and oxygen atoms in total. The standard InChI is InChI=1S/C22H19ClN4O4S/c1-14(28)25-16-7-4-6-15(12-16)13-24-22-26-21-19(31-18-9-3-2-8-17(18)23)10-5-11-20(21)32(29,30)27-22/h2-12H,13H2,1H3,(H,25,28)(H2,24,26,27). The number of amides is 1. The van der Waals surface area contributed by atoms with Crippen LogP contribution in [-0.4, -0.2) is 20.3 Å². The average molecular weight is 471 g/mol. The van der Waals surface area contributed by atoms with E-state index in [0.717, 1.165) is 5.56 Å². The molecule has 1 aliphatic rings. The van der Waals surface area contributed by atoms with Crippen LogP contribution in [0.2, 0.25) is 5.02 Å². The summed E-state index contributed by atoms with van der Waals surface area (Å²) >= 11 is 6.18. The Morgan fingerprint density at radius 3 is 2.59 bits per heavy atom. The van der Waals surface area contributed by atoms with Crippen molar-refractivity contribution in [1.29, 1.82) is 0 Å². The van der Waals surface area contributed by atoms with Crippen molar-refractivity contribution in [1.82, 2.24) is 4.72 Å². The number of para-hydroxylation sites is 2. The molecule has 4 rings (SSSR count). The molecule has 3 aromatic rings. The summed E-state index contributed by atoms with van der Waals surface area (Å²) in [6.45, 7) is 1.61. The smallest absolute Gasteiger partial charge is 0.266 e. The summed E-state index contributed by atoms with van der Waals surface area (Å²) in [5.74, 6) is 0.560. The van der Waals surface area contributed by atoms with Gasteiger partial charge in [0.05, 0.1) is 11.6 Å². The largest absolute Gasteiger partial charge is 0.454 e. The molecule has 0 saturated carbocycles. The molecule has 1 heterocycles. The second-order valence-electron chi connectivity index (χ2n) is 6.94. The van der Waals surface area contributed by atoms with Gasteiger partial charge in [-0.2, -0.15) is 0 Å². The van der Waals surface area contributed by atoms with Gasteiger partial charge in [-0.05, 0) is 42.0 Å². The van der Waals surface area contributed by atoms with Gasteiger partial charge in [0, 0.05) is 12.6 Å². The van der Waals surface area contributed by atoms with Crippen LogP contribution < -0.4 is 20.1 Å². The molecule has 0 saturated heterocycles. The van der Waals surface area contributed by atoms with Gasteiger partial charge in [-0.3, -0.25) is 4.79 Å². The third-order valence-corrected chi connectivity index (χ3v) is 6.17. The van der Waals surface area contributed by atoms with Gasteiger partial charge in [-0.25, -0.2) is 18.1 Å². The Morgan fingerprint density at radius 1 is 1.06 bits per heavy atom. The lowest BCUT2D eigenvalue weighted by molar-refractivity contribution is -0.114. The Labute approximate surface area is 190 Å². The van der Waals surface area contributed by atoms with Crippen molar-refractivity contribution in [3.63, 3.8) is 0 Å². The van der Waals surface area contributed by atoms with Gasteiger partial charge >= 0.3 is 0 Å². The molecule has 3 aromatic carbocycles. The van der Waals surface area contributed by atoms with Crippen LogP contribution in [0.3, 0.4) is 0 Å². The van der Waals surface area contributed by atoms with E-state index in [1.807, 2.05) is 6.07 Å². The Morgan fingerprint density at radius 2 is 1.81 bits per heavy atom. The molecule has 0 radical (unpaired) electrons. The molecule has 32 heavy (non-hydrogen) atoms. The number of hydrogen-bond acceptors (Lipinski definition) is 5. The number of guanidine groups is 1. The summed E-state index contributed by atoms with van der Waals surface area (Å²) in [4.78, 5) is 15.6. The molecule has 10 heteroatoms. The van der Waals surface area contributed by atoms with Gasteiger partial charge in [-0.1, -0.05) is 41.9 Å². The molecule has 0 spiro atoms. The summed E-state index contributed by atoms with van der Waals surface area (Å²) in [5.41, 5.74) is 1.68. The average Bonchev–Trinajstić information content (AvgIpc) is 2.74. The van der Waals surface area contributed by atoms with Gasteiger partial charge in [0.25, 0.3) is 10.0 Å². The molecule has 1 amide bonds. The highest BCUT2D eigenvalue weighted by molar-refractivity contribution is 7.90. The van der Waals surface area contributed by atoms with Crippen LogP contribution in [0.1, 0.15) is 12.5 Å². The fraction of sp³-hybridized carbons (Fsp3) is 0.0909. The van der Waals surface area contributed by atoms with E-state index in [4.69, 9.17) is 16.3 Å². The van der Waals surface area contributed by atoms with E-state index in [-0.39, 0.29) is 29.0 Å². The van der Waals surface area contributed by atoms with Crippen molar-refractivity contribution in [3.05, 3.63) is 77.3 Å². The number of nitrogens with zero attached hydrogens (tertiary/aromatic N) is 1. The van der Waals surface area contributed by atoms with E-state index in [1.165, 1.54) is 13.0 Å². The van der Waals surface area contributed by atoms with Gasteiger partial charge in [0.15, 0.2) is 5.75 Å². The zero-order valence-corrected chi connectivity index (χ0v) is 18.5. The lowest BCUT2D eigenvalue weighted by atomic mass is 10.2. The van der Waals surface area contributed by atoms with Gasteiger partial charge in [0.1, 0.15) is 16.3 Å². The molecule has 0 aliphatic carbocycles. The van der Waals surface area contributed by atoms with Gasteiger partial charge in [0.2, 0.25) is 11.9 Å². The number of halogens is 1. The first-order chi connectivity index (χ1) is 15.3. The fourth-order valence-electron chi connectivity index (χ4n) is 3.11. The first kappa shape index (κ1) is 21.7. The van der Waals surface area contributed by atoms with Crippen LogP contribution in [0.15, 0.2) is 76.6 Å². The zero-order chi connectivity index (χ0) is 22.7. The highest BCUT2D eigenvalue weighted by atomic mass is 35.5. The predicted octanol–water partition coefficient (Wildman–Crippen LogP) is 4.35. The molecule has 0 aromatic heterocycles. The van der Waals surface area contributed by atoms with Crippen LogP contribution in [-0.2, 0) is 21.4 Å². The summed E-state index contributed by atoms with van der Waals surface area (Å²) in [6, 6.07) is 18.7. The summed E-state index contributed by atoms with van der Waals surface area (Å²) in [7, 11) is -3.86. The topological polar surface area (TPSA) is 109 Å². The maximum atomic E-state index is 12.8. The summed E-state index contributed by atoms with van der Waals surface area (Å²) < 4.78 is 33.9. The van der Waals surface area contributed by atoms with Crippen molar-refractivity contribution in [2.24, 2.45) is 4.99 Å². The lowest BCUT2D eigenvalue weighted by Crippen LogP contribution is -2.40. The van der Waals surface area contributed by atoms with Crippen LogP contribution in [0.4, 0.5) is 11.4 Å². The van der Waals surface area contributed by atoms with Crippen molar-refractivity contribution in [3.8, 4) is 11.5 Å². The highest BCUT2D eigenvalue weighted by Crippen LogP contribution is 2.38. The molecule has 0 bridgehead atoms. The molecule has 164 valence electrons. The highest BCUT2D eigenvalue weighted by Gasteiger charge is 2.29. The zero-order valence-electron chi connectivity index (χ0n) is 16.9. The SMILES string of the molecule is CC(=O)Nc1cccc(CN=C2Nc3c(Oc4ccccc4Cl)cccc3S(=O)(=O)N2)c1. The molecule has 0 unspecified atom stereocenters. The molecular formula is C22H19ClN4O4S. The molecule has 0 fully saturated rings. The number of carbonyl (C=O) groups excluding carboxylic acids is 1. The first-order valence-corrected chi connectivity index (χ1v) is 11.4. The minimum absolute atomic E-state index is 0.0358. The van der Waals surface area contributed by atoms with Crippen LogP contribution in [0.25, 0.3) is 0 Å². The van der Waals surface area contributed by atoms with Crippen molar-refractivity contribution < 1.29 is 17.9 Å². The lowest BCUT2D eigenvalue weighted by Gasteiger charge is -2.23. The third kappa shape index (κ3) is 4.84. The Balaban J connectivity index is 1.62. The number of benzene rings is 3. The summed E-state index contributed by atoms with van der Waals surface area (Å²) in [5, 5.41) is 6.10. The van der Waals surface area contributed by atoms with Crippen molar-refractivity contribution in [2.45, 2.75) is 18.4 Å². The minimum atomic E-state index is -3.86. The van der Waals surface area contributed by atoms with E-state index in [2.05, 4.69) is 20.3 Å². The molecule has 3 N–H and O–H groups in total.